The molecule has 0 aliphatic heterocycles. The van der Waals surface area contributed by atoms with Gasteiger partial charge < -0.3 is 0 Å². The van der Waals surface area contributed by atoms with Gasteiger partial charge in [-0.3, -0.25) is 4.68 Å². The average molecular weight is 204 g/mol. The van der Waals surface area contributed by atoms with Gasteiger partial charge in [0.05, 0.1) is 11.9 Å². The lowest BCUT2D eigenvalue weighted by Crippen LogP contribution is -1.98. The summed E-state index contributed by atoms with van der Waals surface area (Å²) in [6.07, 6.45) is 4.00. The molecule has 0 fully saturated rings. The Balaban J connectivity index is 2.49. The van der Waals surface area contributed by atoms with E-state index in [9.17, 15) is 0 Å². The second kappa shape index (κ2) is 3.71. The molecule has 0 aromatic carbocycles. The Morgan fingerprint density at radius 1 is 1.70 bits per heavy atom. The van der Waals surface area contributed by atoms with Crippen molar-refractivity contribution >= 4 is 15.9 Å². The summed E-state index contributed by atoms with van der Waals surface area (Å²) in [5.74, 6) is 0. The number of hydrogen-bond donors (Lipinski definition) is 0. The van der Waals surface area contributed by atoms with Crippen molar-refractivity contribution < 1.29 is 0 Å². The first-order valence-corrected chi connectivity index (χ1v) is 4.36. The minimum atomic E-state index is 1.04. The predicted octanol–water partition coefficient (Wildman–Crippen LogP) is 1.14. The molecule has 0 saturated carbocycles. The summed E-state index contributed by atoms with van der Waals surface area (Å²) in [7, 11) is 1.91. The number of aromatic nitrogens is 3. The highest BCUT2D eigenvalue weighted by Gasteiger charge is 1.96. The number of rotatable bonds is 3. The molecule has 56 valence electrons. The third-order valence-electron chi connectivity index (χ3n) is 1.37. The Bertz CT molecular complexity index is 197. The van der Waals surface area contributed by atoms with Gasteiger partial charge in [-0.25, -0.2) is 0 Å². The van der Waals surface area contributed by atoms with E-state index < -0.39 is 0 Å². The van der Waals surface area contributed by atoms with E-state index >= 15 is 0 Å². The minimum Gasteiger partial charge on any atom is -0.252 e. The van der Waals surface area contributed by atoms with Crippen LogP contribution in [0, 0.1) is 0 Å². The highest BCUT2D eigenvalue weighted by molar-refractivity contribution is 9.09. The molecule has 0 atom stereocenters. The summed E-state index contributed by atoms with van der Waals surface area (Å²) in [5.41, 5.74) is 1.19. The Kier molecular flexibility index (Phi) is 2.86. The Morgan fingerprint density at radius 3 is 3.00 bits per heavy atom. The lowest BCUT2D eigenvalue weighted by Gasteiger charge is -1.95. The quantitative estimate of drug-likeness (QED) is 0.691. The minimum absolute atomic E-state index is 1.04. The summed E-state index contributed by atoms with van der Waals surface area (Å²) in [4.78, 5) is 0. The van der Waals surface area contributed by atoms with Crippen LogP contribution in [0.4, 0.5) is 0 Å². The van der Waals surface area contributed by atoms with Crippen LogP contribution >= 0.6 is 15.9 Å². The van der Waals surface area contributed by atoms with Gasteiger partial charge >= 0.3 is 0 Å². The second-order valence-corrected chi connectivity index (χ2v) is 2.93. The second-order valence-electron chi connectivity index (χ2n) is 2.14. The Hall–Kier alpha value is -0.380. The van der Waals surface area contributed by atoms with Crippen molar-refractivity contribution in [1.82, 2.24) is 15.0 Å². The van der Waals surface area contributed by atoms with Gasteiger partial charge in [0.1, 0.15) is 0 Å². The first kappa shape index (κ1) is 7.72. The Labute approximate surface area is 68.6 Å². The van der Waals surface area contributed by atoms with Crippen LogP contribution < -0.4 is 0 Å². The fraction of sp³-hybridized carbons (Fsp3) is 0.667. The van der Waals surface area contributed by atoms with Gasteiger partial charge in [0, 0.05) is 12.4 Å². The van der Waals surface area contributed by atoms with Gasteiger partial charge in [0.2, 0.25) is 0 Å². The van der Waals surface area contributed by atoms with Crippen molar-refractivity contribution in [2.45, 2.75) is 12.8 Å². The average Bonchev–Trinajstić information content (AvgIpc) is 2.31. The van der Waals surface area contributed by atoms with Gasteiger partial charge in [-0.1, -0.05) is 21.1 Å². The first-order valence-electron chi connectivity index (χ1n) is 3.24. The molecule has 0 spiro atoms. The number of hydrogen-bond acceptors (Lipinski definition) is 2. The van der Waals surface area contributed by atoms with Crippen LogP contribution in [-0.2, 0) is 13.5 Å². The summed E-state index contributed by atoms with van der Waals surface area (Å²) in [6.45, 7) is 0. The van der Waals surface area contributed by atoms with Crippen molar-refractivity contribution in [3.05, 3.63) is 11.9 Å². The summed E-state index contributed by atoms with van der Waals surface area (Å²) in [6, 6.07) is 0. The van der Waals surface area contributed by atoms with Crippen molar-refractivity contribution in [3.8, 4) is 0 Å². The van der Waals surface area contributed by atoms with E-state index in [-0.39, 0.29) is 0 Å². The fourth-order valence-corrected chi connectivity index (χ4v) is 1.07. The largest absolute Gasteiger partial charge is 0.252 e. The maximum atomic E-state index is 3.82. The molecule has 1 heterocycles. The zero-order chi connectivity index (χ0) is 7.40. The van der Waals surface area contributed by atoms with Crippen molar-refractivity contribution in [1.29, 1.82) is 0 Å². The molecule has 0 radical (unpaired) electrons. The molecular weight excluding hydrogens is 194 g/mol. The third kappa shape index (κ3) is 1.80. The van der Waals surface area contributed by atoms with E-state index in [1.807, 2.05) is 17.9 Å². The van der Waals surface area contributed by atoms with Crippen LogP contribution in [-0.4, -0.2) is 20.3 Å². The molecule has 3 nitrogen and oxygen atoms in total. The number of halogens is 1. The summed E-state index contributed by atoms with van der Waals surface area (Å²) < 4.78 is 1.81. The molecule has 1 rings (SSSR count). The van der Waals surface area contributed by atoms with Crippen LogP contribution in [0.1, 0.15) is 12.1 Å². The molecule has 0 N–H and O–H groups in total. The van der Waals surface area contributed by atoms with E-state index in [2.05, 4.69) is 26.2 Å². The van der Waals surface area contributed by atoms with E-state index in [4.69, 9.17) is 0 Å². The van der Waals surface area contributed by atoms with Gasteiger partial charge in [0.25, 0.3) is 0 Å². The van der Waals surface area contributed by atoms with Crippen LogP contribution in [0.25, 0.3) is 0 Å². The molecule has 0 aliphatic rings. The van der Waals surface area contributed by atoms with Crippen LogP contribution in [0.3, 0.4) is 0 Å². The van der Waals surface area contributed by atoms with E-state index in [0.29, 0.717) is 0 Å². The molecule has 0 saturated heterocycles. The highest BCUT2D eigenvalue weighted by Crippen LogP contribution is 1.99. The topological polar surface area (TPSA) is 30.7 Å². The normalized spacial score (nSPS) is 10.2. The summed E-state index contributed by atoms with van der Waals surface area (Å²) >= 11 is 3.37. The smallest absolute Gasteiger partial charge is 0.0724 e. The molecular formula is C6H10BrN3. The maximum Gasteiger partial charge on any atom is 0.0724 e. The van der Waals surface area contributed by atoms with Crippen LogP contribution in [0.2, 0.25) is 0 Å². The maximum absolute atomic E-state index is 3.82. The van der Waals surface area contributed by atoms with Crippen LogP contribution in [0.5, 0.6) is 0 Å². The lowest BCUT2D eigenvalue weighted by molar-refractivity contribution is 0.670. The van der Waals surface area contributed by atoms with Crippen LogP contribution in [0.15, 0.2) is 6.20 Å². The van der Waals surface area contributed by atoms with Gasteiger partial charge in [-0.05, 0) is 12.8 Å². The summed E-state index contributed by atoms with van der Waals surface area (Å²) in [5, 5.41) is 8.63. The lowest BCUT2D eigenvalue weighted by atomic mass is 10.3. The number of alkyl halides is 1. The van der Waals surface area contributed by atoms with E-state index in [1.54, 1.807) is 0 Å². The Morgan fingerprint density at radius 2 is 2.50 bits per heavy atom. The molecule has 0 amide bonds. The molecule has 10 heavy (non-hydrogen) atoms. The van der Waals surface area contributed by atoms with Crippen molar-refractivity contribution in [2.24, 2.45) is 7.05 Å². The monoisotopic (exact) mass is 203 g/mol. The first-order chi connectivity index (χ1) is 4.84. The third-order valence-corrected chi connectivity index (χ3v) is 1.94. The zero-order valence-electron chi connectivity index (χ0n) is 5.92. The number of aryl methyl sites for hydroxylation is 2. The molecule has 0 unspecified atom stereocenters. The molecule has 0 bridgehead atoms. The fourth-order valence-electron chi connectivity index (χ4n) is 0.785. The highest BCUT2D eigenvalue weighted by atomic mass is 79.9. The van der Waals surface area contributed by atoms with E-state index in [0.717, 1.165) is 18.2 Å². The zero-order valence-corrected chi connectivity index (χ0v) is 7.50. The SMILES string of the molecule is Cn1nncc1CCCBr. The van der Waals surface area contributed by atoms with Gasteiger partial charge in [0.15, 0.2) is 0 Å². The van der Waals surface area contributed by atoms with Crippen molar-refractivity contribution in [3.63, 3.8) is 0 Å². The van der Waals surface area contributed by atoms with Gasteiger partial charge in [-0.15, -0.1) is 5.10 Å². The van der Waals surface area contributed by atoms with Crippen molar-refractivity contribution in [2.75, 3.05) is 5.33 Å². The predicted molar refractivity (Wildman–Crippen MR) is 43.1 cm³/mol. The molecule has 4 heteroatoms. The van der Waals surface area contributed by atoms with Gasteiger partial charge in [-0.2, -0.15) is 0 Å². The molecule has 1 aromatic heterocycles. The standard InChI is InChI=1S/C6H10BrN3/c1-10-6(3-2-4-7)5-8-9-10/h5H,2-4H2,1H3. The molecule has 1 aromatic rings. The van der Waals surface area contributed by atoms with E-state index in [1.165, 1.54) is 5.69 Å². The molecule has 0 aliphatic carbocycles. The number of nitrogens with zero attached hydrogens (tertiary/aromatic N) is 3.